The fourth-order valence-corrected chi connectivity index (χ4v) is 2.07. The van der Waals surface area contributed by atoms with Gasteiger partial charge in [0.2, 0.25) is 0 Å². The molecule has 1 heterocycles. The number of nitrogens with one attached hydrogen (secondary N) is 1. The highest BCUT2D eigenvalue weighted by molar-refractivity contribution is 5.82. The standard InChI is InChI=1S/C14H15F4NO/c1-8-10-5-3-4-6-11(10)20-12(8)9(2)19-7-14(17,18)13(15)16/h3-6,9,13,19H,7H2,1-2H3. The first kappa shape index (κ1) is 14.8. The first-order chi connectivity index (χ1) is 9.33. The van der Waals surface area contributed by atoms with Crippen LogP contribution >= 0.6 is 0 Å². The maximum atomic E-state index is 12.9. The minimum Gasteiger partial charge on any atom is -0.459 e. The molecular weight excluding hydrogens is 274 g/mol. The van der Waals surface area contributed by atoms with Gasteiger partial charge in [0.25, 0.3) is 0 Å². The van der Waals surface area contributed by atoms with Crippen LogP contribution in [0.3, 0.4) is 0 Å². The summed E-state index contributed by atoms with van der Waals surface area (Å²) in [6, 6.07) is 6.70. The van der Waals surface area contributed by atoms with E-state index >= 15 is 0 Å². The lowest BCUT2D eigenvalue weighted by molar-refractivity contribution is -0.126. The van der Waals surface area contributed by atoms with E-state index in [1.54, 1.807) is 19.1 Å². The number of para-hydroxylation sites is 1. The molecule has 2 aromatic rings. The van der Waals surface area contributed by atoms with Gasteiger partial charge in [0.05, 0.1) is 12.6 Å². The molecule has 20 heavy (non-hydrogen) atoms. The molecule has 2 rings (SSSR count). The van der Waals surface area contributed by atoms with Crippen LogP contribution in [0.2, 0.25) is 0 Å². The summed E-state index contributed by atoms with van der Waals surface area (Å²) in [7, 11) is 0. The summed E-state index contributed by atoms with van der Waals surface area (Å²) >= 11 is 0. The van der Waals surface area contributed by atoms with E-state index in [0.29, 0.717) is 11.3 Å². The molecule has 1 unspecified atom stereocenters. The van der Waals surface area contributed by atoms with Gasteiger partial charge in [-0.25, -0.2) is 8.78 Å². The molecule has 0 bridgehead atoms. The number of fused-ring (bicyclic) bond motifs is 1. The second-order valence-corrected chi connectivity index (χ2v) is 4.75. The first-order valence-electron chi connectivity index (χ1n) is 6.20. The highest BCUT2D eigenvalue weighted by atomic mass is 19.3. The Hall–Kier alpha value is -1.56. The molecule has 110 valence electrons. The van der Waals surface area contributed by atoms with Crippen molar-refractivity contribution in [3.05, 3.63) is 35.6 Å². The van der Waals surface area contributed by atoms with E-state index in [9.17, 15) is 17.6 Å². The summed E-state index contributed by atoms with van der Waals surface area (Å²) in [6.45, 7) is 2.32. The molecule has 1 N–H and O–H groups in total. The van der Waals surface area contributed by atoms with Crippen molar-refractivity contribution >= 4 is 11.0 Å². The topological polar surface area (TPSA) is 25.2 Å². The maximum absolute atomic E-state index is 12.9. The van der Waals surface area contributed by atoms with Gasteiger partial charge in [-0.1, -0.05) is 18.2 Å². The average molecular weight is 289 g/mol. The van der Waals surface area contributed by atoms with Gasteiger partial charge >= 0.3 is 12.3 Å². The average Bonchev–Trinajstić information content (AvgIpc) is 2.74. The van der Waals surface area contributed by atoms with Gasteiger partial charge in [0.1, 0.15) is 11.3 Å². The molecular formula is C14H15F4NO. The fraction of sp³-hybridized carbons (Fsp3) is 0.429. The predicted octanol–water partition coefficient (Wildman–Crippen LogP) is 4.29. The summed E-state index contributed by atoms with van der Waals surface area (Å²) in [5.74, 6) is -3.56. The Morgan fingerprint density at radius 1 is 1.25 bits per heavy atom. The van der Waals surface area contributed by atoms with Crippen molar-refractivity contribution < 1.29 is 22.0 Å². The largest absolute Gasteiger partial charge is 0.459 e. The molecule has 1 aromatic heterocycles. The SMILES string of the molecule is Cc1c(C(C)NCC(F)(F)C(F)F)oc2ccccc12. The molecule has 0 saturated carbocycles. The predicted molar refractivity (Wildman–Crippen MR) is 68.3 cm³/mol. The Kier molecular flexibility index (Phi) is 4.04. The van der Waals surface area contributed by atoms with Crippen molar-refractivity contribution in [3.63, 3.8) is 0 Å². The quantitative estimate of drug-likeness (QED) is 0.831. The normalized spacial score (nSPS) is 14.2. The third-order valence-corrected chi connectivity index (χ3v) is 3.24. The van der Waals surface area contributed by atoms with Crippen molar-refractivity contribution in [2.24, 2.45) is 0 Å². The van der Waals surface area contributed by atoms with E-state index < -0.39 is 24.9 Å². The molecule has 6 heteroatoms. The van der Waals surface area contributed by atoms with Crippen LogP contribution in [0.5, 0.6) is 0 Å². The smallest absolute Gasteiger partial charge is 0.319 e. The summed E-state index contributed by atoms with van der Waals surface area (Å²) in [5, 5.41) is 3.28. The van der Waals surface area contributed by atoms with Gasteiger partial charge in [-0.15, -0.1) is 0 Å². The summed E-state index contributed by atoms with van der Waals surface area (Å²) < 4.78 is 55.6. The number of furan rings is 1. The Bertz CT molecular complexity index is 594. The molecule has 0 aliphatic heterocycles. The van der Waals surface area contributed by atoms with E-state index in [0.717, 1.165) is 10.9 Å². The monoisotopic (exact) mass is 289 g/mol. The second-order valence-electron chi connectivity index (χ2n) is 4.75. The second kappa shape index (κ2) is 5.44. The molecule has 0 aliphatic carbocycles. The third-order valence-electron chi connectivity index (χ3n) is 3.24. The highest BCUT2D eigenvalue weighted by Crippen LogP contribution is 2.30. The van der Waals surface area contributed by atoms with Crippen molar-refractivity contribution in [2.75, 3.05) is 6.54 Å². The minimum atomic E-state index is -4.05. The molecule has 0 radical (unpaired) electrons. The molecule has 2 nitrogen and oxygen atoms in total. The van der Waals surface area contributed by atoms with Gasteiger partial charge in [-0.2, -0.15) is 8.78 Å². The molecule has 0 saturated heterocycles. The molecule has 1 atom stereocenters. The summed E-state index contributed by atoms with van der Waals surface area (Å²) in [4.78, 5) is 0. The van der Waals surface area contributed by atoms with Crippen molar-refractivity contribution in [3.8, 4) is 0 Å². The molecule has 0 fully saturated rings. The molecule has 1 aromatic carbocycles. The maximum Gasteiger partial charge on any atom is 0.319 e. The van der Waals surface area contributed by atoms with Crippen LogP contribution < -0.4 is 5.32 Å². The van der Waals surface area contributed by atoms with Gasteiger partial charge in [-0.3, -0.25) is 0 Å². The van der Waals surface area contributed by atoms with E-state index in [2.05, 4.69) is 5.32 Å². The number of aryl methyl sites for hydroxylation is 1. The van der Waals surface area contributed by atoms with E-state index in [1.165, 1.54) is 0 Å². The molecule has 0 aliphatic rings. The lowest BCUT2D eigenvalue weighted by Crippen LogP contribution is -2.39. The van der Waals surface area contributed by atoms with E-state index in [1.807, 2.05) is 19.1 Å². The first-order valence-corrected chi connectivity index (χ1v) is 6.20. The minimum absolute atomic E-state index is 0.483. The van der Waals surface area contributed by atoms with Gasteiger partial charge < -0.3 is 9.73 Å². The van der Waals surface area contributed by atoms with Crippen LogP contribution in [0.25, 0.3) is 11.0 Å². The van der Waals surface area contributed by atoms with Gasteiger partial charge in [-0.05, 0) is 25.5 Å². The zero-order chi connectivity index (χ0) is 14.9. The van der Waals surface area contributed by atoms with Crippen LogP contribution in [0, 0.1) is 6.92 Å². The number of alkyl halides is 4. The number of hydrogen-bond acceptors (Lipinski definition) is 2. The summed E-state index contributed by atoms with van der Waals surface area (Å²) in [6.07, 6.45) is -3.68. The zero-order valence-corrected chi connectivity index (χ0v) is 11.1. The van der Waals surface area contributed by atoms with Gasteiger partial charge in [0, 0.05) is 5.39 Å². The lowest BCUT2D eigenvalue weighted by atomic mass is 10.1. The number of hydrogen-bond donors (Lipinski definition) is 1. The Balaban J connectivity index is 2.16. The van der Waals surface area contributed by atoms with Crippen LogP contribution in [-0.4, -0.2) is 18.9 Å². The lowest BCUT2D eigenvalue weighted by Gasteiger charge is -2.19. The number of rotatable bonds is 5. The Labute approximate surface area is 113 Å². The molecule has 0 spiro atoms. The molecule has 0 amide bonds. The van der Waals surface area contributed by atoms with Crippen LogP contribution in [-0.2, 0) is 0 Å². The Morgan fingerprint density at radius 2 is 1.90 bits per heavy atom. The number of halogens is 4. The van der Waals surface area contributed by atoms with Crippen molar-refractivity contribution in [1.29, 1.82) is 0 Å². The zero-order valence-electron chi connectivity index (χ0n) is 11.1. The third kappa shape index (κ3) is 2.80. The van der Waals surface area contributed by atoms with Crippen LogP contribution in [0.1, 0.15) is 24.3 Å². The highest BCUT2D eigenvalue weighted by Gasteiger charge is 2.40. The van der Waals surface area contributed by atoms with E-state index in [4.69, 9.17) is 4.42 Å². The van der Waals surface area contributed by atoms with Crippen molar-refractivity contribution in [1.82, 2.24) is 5.32 Å². The number of benzene rings is 1. The van der Waals surface area contributed by atoms with Gasteiger partial charge in [0.15, 0.2) is 0 Å². The van der Waals surface area contributed by atoms with Crippen molar-refractivity contribution in [2.45, 2.75) is 32.2 Å². The van der Waals surface area contributed by atoms with Crippen LogP contribution in [0.4, 0.5) is 17.6 Å². The fourth-order valence-electron chi connectivity index (χ4n) is 2.07. The van der Waals surface area contributed by atoms with E-state index in [-0.39, 0.29) is 0 Å². The van der Waals surface area contributed by atoms with Crippen LogP contribution in [0.15, 0.2) is 28.7 Å². The summed E-state index contributed by atoms with van der Waals surface area (Å²) in [5.41, 5.74) is 1.47. The Morgan fingerprint density at radius 3 is 2.50 bits per heavy atom.